The Morgan fingerprint density at radius 2 is 2.06 bits per heavy atom. The maximum atomic E-state index is 11.7. The first-order valence-corrected chi connectivity index (χ1v) is 5.14. The minimum absolute atomic E-state index is 0.0360. The Morgan fingerprint density at radius 3 is 2.59 bits per heavy atom. The van der Waals surface area contributed by atoms with Gasteiger partial charge < -0.3 is 16.1 Å². The van der Waals surface area contributed by atoms with Crippen LogP contribution in [0.2, 0.25) is 0 Å². The molecule has 0 saturated carbocycles. The molecule has 0 aliphatic rings. The van der Waals surface area contributed by atoms with Crippen LogP contribution < -0.4 is 21.9 Å². The Labute approximate surface area is 99.5 Å². The predicted octanol–water partition coefficient (Wildman–Crippen LogP) is -0.244. The highest BCUT2D eigenvalue weighted by molar-refractivity contribution is 5.97. The van der Waals surface area contributed by atoms with Crippen LogP contribution in [0.3, 0.4) is 0 Å². The molecule has 0 aliphatic carbocycles. The van der Waals surface area contributed by atoms with Gasteiger partial charge in [-0.15, -0.1) is 0 Å². The highest BCUT2D eigenvalue weighted by Crippen LogP contribution is 2.13. The monoisotopic (exact) mass is 236 g/mol. The van der Waals surface area contributed by atoms with Gasteiger partial charge in [0.05, 0.1) is 6.54 Å². The van der Waals surface area contributed by atoms with Crippen LogP contribution in [0.15, 0.2) is 18.2 Å². The lowest BCUT2D eigenvalue weighted by Gasteiger charge is -2.08. The van der Waals surface area contributed by atoms with Gasteiger partial charge in [-0.2, -0.15) is 0 Å². The van der Waals surface area contributed by atoms with E-state index in [1.165, 1.54) is 7.05 Å². The van der Waals surface area contributed by atoms with Gasteiger partial charge in [0.2, 0.25) is 5.91 Å². The van der Waals surface area contributed by atoms with Crippen molar-refractivity contribution in [2.75, 3.05) is 19.0 Å². The Hall–Kier alpha value is -2.08. The zero-order chi connectivity index (χ0) is 12.8. The maximum absolute atomic E-state index is 11.7. The summed E-state index contributed by atoms with van der Waals surface area (Å²) in [6.07, 6.45) is 0. The molecule has 0 unspecified atom stereocenters. The van der Waals surface area contributed by atoms with Crippen molar-refractivity contribution in [1.29, 1.82) is 0 Å². The number of carbonyl (C=O) groups excluding carboxylic acids is 2. The van der Waals surface area contributed by atoms with Crippen LogP contribution in [0, 0.1) is 6.92 Å². The number of nitrogens with two attached hydrogens (primary N) is 1. The minimum atomic E-state index is -0.283. The lowest BCUT2D eigenvalue weighted by Crippen LogP contribution is -2.35. The molecule has 6 nitrogen and oxygen atoms in total. The Bertz CT molecular complexity index is 431. The lowest BCUT2D eigenvalue weighted by atomic mass is 10.1. The smallest absolute Gasteiger partial charge is 0.251 e. The number of nitrogen functional groups attached to an aromatic ring is 1. The molecule has 0 saturated heterocycles. The molecular weight excluding hydrogens is 220 g/mol. The van der Waals surface area contributed by atoms with Crippen LogP contribution in [0.1, 0.15) is 15.9 Å². The van der Waals surface area contributed by atoms with Crippen LogP contribution in [0.5, 0.6) is 0 Å². The van der Waals surface area contributed by atoms with Gasteiger partial charge in [0, 0.05) is 18.3 Å². The third-order valence-corrected chi connectivity index (χ3v) is 2.33. The van der Waals surface area contributed by atoms with Crippen molar-refractivity contribution < 1.29 is 9.59 Å². The lowest BCUT2D eigenvalue weighted by molar-refractivity contribution is -0.119. The molecule has 0 spiro atoms. The topological polar surface area (TPSA) is 96.2 Å². The molecule has 0 heterocycles. The highest BCUT2D eigenvalue weighted by Gasteiger charge is 2.10. The number of hydrogen-bond acceptors (Lipinski definition) is 4. The van der Waals surface area contributed by atoms with Crippen molar-refractivity contribution >= 4 is 17.5 Å². The average molecular weight is 236 g/mol. The van der Waals surface area contributed by atoms with Gasteiger partial charge in [0.1, 0.15) is 0 Å². The van der Waals surface area contributed by atoms with Crippen molar-refractivity contribution in [3.05, 3.63) is 29.3 Å². The summed E-state index contributed by atoms with van der Waals surface area (Å²) in [5.41, 5.74) is 4.53. The van der Waals surface area contributed by atoms with E-state index in [-0.39, 0.29) is 18.4 Å². The van der Waals surface area contributed by atoms with E-state index < -0.39 is 0 Å². The fourth-order valence-electron chi connectivity index (χ4n) is 1.35. The third kappa shape index (κ3) is 3.46. The predicted molar refractivity (Wildman–Crippen MR) is 65.4 cm³/mol. The molecule has 0 bridgehead atoms. The third-order valence-electron chi connectivity index (χ3n) is 2.33. The number of benzene rings is 1. The first kappa shape index (κ1) is 13.0. The molecular formula is C11H16N4O2. The van der Waals surface area contributed by atoms with Crippen molar-refractivity contribution in [1.82, 2.24) is 10.6 Å². The van der Waals surface area contributed by atoms with Gasteiger partial charge in [-0.3, -0.25) is 15.4 Å². The minimum Gasteiger partial charge on any atom is -0.358 e. The highest BCUT2D eigenvalue weighted by atomic mass is 16.2. The number of hydrazine groups is 1. The van der Waals surface area contributed by atoms with E-state index in [4.69, 9.17) is 5.84 Å². The maximum Gasteiger partial charge on any atom is 0.251 e. The van der Waals surface area contributed by atoms with Crippen LogP contribution in [-0.4, -0.2) is 25.4 Å². The van der Waals surface area contributed by atoms with Crippen molar-refractivity contribution in [3.8, 4) is 0 Å². The summed E-state index contributed by atoms with van der Waals surface area (Å²) < 4.78 is 0. The normalized spacial score (nSPS) is 9.59. The summed E-state index contributed by atoms with van der Waals surface area (Å²) >= 11 is 0. The Balaban J connectivity index is 2.72. The summed E-state index contributed by atoms with van der Waals surface area (Å²) in [6, 6.07) is 5.11. The van der Waals surface area contributed by atoms with Crippen LogP contribution >= 0.6 is 0 Å². The van der Waals surface area contributed by atoms with E-state index in [1.54, 1.807) is 25.1 Å². The SMILES string of the molecule is CNC(=O)CNC(=O)c1ccc(NN)cc1C. The quantitative estimate of drug-likeness (QED) is 0.428. The number of hydrogen-bond donors (Lipinski definition) is 4. The van der Waals surface area contributed by atoms with Crippen molar-refractivity contribution in [2.24, 2.45) is 5.84 Å². The molecule has 2 amide bonds. The summed E-state index contributed by atoms with van der Waals surface area (Å²) in [5.74, 6) is 4.74. The zero-order valence-corrected chi connectivity index (χ0v) is 9.83. The standard InChI is InChI=1S/C11H16N4O2/c1-7-5-8(15-12)3-4-9(7)11(17)14-6-10(16)13-2/h3-5,15H,6,12H2,1-2H3,(H,13,16)(H,14,17). The fourth-order valence-corrected chi connectivity index (χ4v) is 1.35. The number of amides is 2. The summed E-state index contributed by atoms with van der Waals surface area (Å²) in [6.45, 7) is 1.77. The van der Waals surface area contributed by atoms with Gasteiger partial charge in [0.15, 0.2) is 0 Å². The number of carbonyl (C=O) groups is 2. The molecule has 6 heteroatoms. The van der Waals surface area contributed by atoms with E-state index in [0.717, 1.165) is 11.3 Å². The number of anilines is 1. The van der Waals surface area contributed by atoms with Crippen molar-refractivity contribution in [2.45, 2.75) is 6.92 Å². The second-order valence-electron chi connectivity index (χ2n) is 3.53. The molecule has 0 fully saturated rings. The summed E-state index contributed by atoms with van der Waals surface area (Å²) in [5, 5.41) is 4.95. The van der Waals surface area contributed by atoms with Crippen LogP contribution in [0.4, 0.5) is 5.69 Å². The van der Waals surface area contributed by atoms with E-state index in [0.29, 0.717) is 5.56 Å². The molecule has 5 N–H and O–H groups in total. The van der Waals surface area contributed by atoms with E-state index in [1.807, 2.05) is 0 Å². The van der Waals surface area contributed by atoms with Crippen molar-refractivity contribution in [3.63, 3.8) is 0 Å². The van der Waals surface area contributed by atoms with Gasteiger partial charge in [-0.05, 0) is 30.7 Å². The Morgan fingerprint density at radius 1 is 1.35 bits per heavy atom. The largest absolute Gasteiger partial charge is 0.358 e. The van der Waals surface area contributed by atoms with E-state index in [9.17, 15) is 9.59 Å². The molecule has 0 aromatic heterocycles. The zero-order valence-electron chi connectivity index (χ0n) is 9.83. The number of nitrogens with one attached hydrogen (secondary N) is 3. The summed E-state index contributed by atoms with van der Waals surface area (Å²) in [7, 11) is 1.52. The number of aryl methyl sites for hydroxylation is 1. The molecule has 92 valence electrons. The molecule has 0 aliphatic heterocycles. The molecule has 1 aromatic rings. The van der Waals surface area contributed by atoms with E-state index >= 15 is 0 Å². The van der Waals surface area contributed by atoms with Gasteiger partial charge in [0.25, 0.3) is 5.91 Å². The molecule has 1 aromatic carbocycles. The second-order valence-corrected chi connectivity index (χ2v) is 3.53. The van der Waals surface area contributed by atoms with Gasteiger partial charge in [-0.25, -0.2) is 0 Å². The molecule has 17 heavy (non-hydrogen) atoms. The molecule has 0 atom stereocenters. The van der Waals surface area contributed by atoms with Gasteiger partial charge in [-0.1, -0.05) is 0 Å². The van der Waals surface area contributed by atoms with Crippen LogP contribution in [-0.2, 0) is 4.79 Å². The fraction of sp³-hybridized carbons (Fsp3) is 0.273. The average Bonchev–Trinajstić information content (AvgIpc) is 2.35. The second kappa shape index (κ2) is 5.86. The van der Waals surface area contributed by atoms with Crippen LogP contribution in [0.25, 0.3) is 0 Å². The Kier molecular flexibility index (Phi) is 4.47. The van der Waals surface area contributed by atoms with Gasteiger partial charge >= 0.3 is 0 Å². The first-order valence-electron chi connectivity index (χ1n) is 5.14. The van der Waals surface area contributed by atoms with E-state index in [2.05, 4.69) is 16.1 Å². The first-order chi connectivity index (χ1) is 8.08. The number of likely N-dealkylation sites (N-methyl/N-ethyl adjacent to an activating group) is 1. The molecule has 1 rings (SSSR count). The number of rotatable bonds is 4. The summed E-state index contributed by atoms with van der Waals surface area (Å²) in [4.78, 5) is 22.7. The molecule has 0 radical (unpaired) electrons.